The number of nitrogens with two attached hydrogens (primary N) is 1. The van der Waals surface area contributed by atoms with Crippen LogP contribution in [0, 0.1) is 5.41 Å². The summed E-state index contributed by atoms with van der Waals surface area (Å²) in [5.41, 5.74) is 5.47. The van der Waals surface area contributed by atoms with Gasteiger partial charge in [-0.3, -0.25) is 5.41 Å². The predicted octanol–water partition coefficient (Wildman–Crippen LogP) is 3.55. The van der Waals surface area contributed by atoms with Crippen LogP contribution in [-0.2, 0) is 0 Å². The van der Waals surface area contributed by atoms with Gasteiger partial charge in [0.25, 0.3) is 0 Å². The van der Waals surface area contributed by atoms with Crippen molar-refractivity contribution in [2.45, 2.75) is 4.21 Å². The molecular formula is C12H12N2OS2. The highest BCUT2D eigenvalue weighted by Gasteiger charge is 2.12. The van der Waals surface area contributed by atoms with Gasteiger partial charge in [-0.2, -0.15) is 0 Å². The molecule has 5 heteroatoms. The number of hydrogen-bond donors (Lipinski definition) is 2. The molecule has 88 valence electrons. The highest BCUT2D eigenvalue weighted by atomic mass is 32.2. The Hall–Kier alpha value is -1.46. The molecule has 0 aliphatic carbocycles. The molecule has 0 radical (unpaired) electrons. The quantitative estimate of drug-likeness (QED) is 0.504. The van der Waals surface area contributed by atoms with Crippen LogP contribution in [0.3, 0.4) is 0 Å². The number of nitrogens with one attached hydrogen (secondary N) is 1. The molecule has 0 bridgehead atoms. The van der Waals surface area contributed by atoms with Crippen LogP contribution in [0.2, 0.25) is 0 Å². The van der Waals surface area contributed by atoms with E-state index in [0.717, 1.165) is 20.6 Å². The van der Waals surface area contributed by atoms with Crippen molar-refractivity contribution in [2.75, 3.05) is 6.26 Å². The third kappa shape index (κ3) is 2.81. The lowest BCUT2D eigenvalue weighted by atomic mass is 10.3. The Morgan fingerprint density at radius 3 is 2.65 bits per heavy atom. The van der Waals surface area contributed by atoms with Crippen molar-refractivity contribution in [1.82, 2.24) is 0 Å². The second-order valence-corrected chi connectivity index (χ2v) is 5.42. The molecule has 3 N–H and O–H groups in total. The van der Waals surface area contributed by atoms with Gasteiger partial charge in [-0.05, 0) is 18.4 Å². The molecule has 2 aromatic rings. The second-order valence-electron chi connectivity index (χ2n) is 3.30. The molecule has 0 aliphatic heterocycles. The lowest BCUT2D eigenvalue weighted by Crippen LogP contribution is -2.08. The lowest BCUT2D eigenvalue weighted by molar-refractivity contribution is 0.475. The normalized spacial score (nSPS) is 10.2. The van der Waals surface area contributed by atoms with Gasteiger partial charge in [-0.25, -0.2) is 0 Å². The Bertz CT molecular complexity index is 523. The summed E-state index contributed by atoms with van der Waals surface area (Å²) in [6.45, 7) is 0. The van der Waals surface area contributed by atoms with Crippen LogP contribution in [0.4, 0.5) is 0 Å². The smallest absolute Gasteiger partial charge is 0.152 e. The molecule has 2 rings (SSSR count). The van der Waals surface area contributed by atoms with Crippen LogP contribution in [0.1, 0.15) is 4.88 Å². The SMILES string of the molecule is CSc1sc(C(=N)N)cc1Oc1ccccc1. The van der Waals surface area contributed by atoms with E-state index in [0.29, 0.717) is 0 Å². The molecule has 0 unspecified atom stereocenters. The average molecular weight is 264 g/mol. The van der Waals surface area contributed by atoms with Crippen LogP contribution in [0.25, 0.3) is 0 Å². The van der Waals surface area contributed by atoms with E-state index in [1.165, 1.54) is 11.3 Å². The second kappa shape index (κ2) is 5.25. The maximum Gasteiger partial charge on any atom is 0.152 e. The first kappa shape index (κ1) is 12.0. The summed E-state index contributed by atoms with van der Waals surface area (Å²) in [6.07, 6.45) is 1.98. The van der Waals surface area contributed by atoms with E-state index in [4.69, 9.17) is 15.9 Å². The van der Waals surface area contributed by atoms with Gasteiger partial charge in [0.15, 0.2) is 5.75 Å². The molecule has 0 aliphatic rings. The minimum Gasteiger partial charge on any atom is -0.455 e. The van der Waals surface area contributed by atoms with E-state index >= 15 is 0 Å². The van der Waals surface area contributed by atoms with Crippen LogP contribution in [0.5, 0.6) is 11.5 Å². The largest absolute Gasteiger partial charge is 0.455 e. The molecule has 0 saturated carbocycles. The van der Waals surface area contributed by atoms with Crippen molar-refractivity contribution in [1.29, 1.82) is 5.41 Å². The molecule has 1 aromatic heterocycles. The summed E-state index contributed by atoms with van der Waals surface area (Å²) in [5, 5.41) is 7.42. The number of ether oxygens (including phenoxy) is 1. The fourth-order valence-electron chi connectivity index (χ4n) is 1.32. The number of thioether (sulfide) groups is 1. The van der Waals surface area contributed by atoms with Crippen LogP contribution in [-0.4, -0.2) is 12.1 Å². The Kier molecular flexibility index (Phi) is 3.71. The number of amidine groups is 1. The van der Waals surface area contributed by atoms with Gasteiger partial charge in [0.2, 0.25) is 0 Å². The van der Waals surface area contributed by atoms with Crippen LogP contribution >= 0.6 is 23.1 Å². The maximum absolute atomic E-state index is 7.42. The van der Waals surface area contributed by atoms with Crippen molar-refractivity contribution < 1.29 is 4.74 Å². The summed E-state index contributed by atoms with van der Waals surface area (Å²) in [6, 6.07) is 11.4. The molecule has 3 nitrogen and oxygen atoms in total. The summed E-state index contributed by atoms with van der Waals surface area (Å²) in [5.74, 6) is 1.63. The summed E-state index contributed by atoms with van der Waals surface area (Å²) in [4.78, 5) is 0.736. The van der Waals surface area contributed by atoms with Gasteiger partial charge in [0.1, 0.15) is 15.8 Å². The molecule has 1 aromatic carbocycles. The molecular weight excluding hydrogens is 252 g/mol. The average Bonchev–Trinajstić information content (AvgIpc) is 2.74. The maximum atomic E-state index is 7.42. The van der Waals surface area contributed by atoms with Crippen molar-refractivity contribution in [3.63, 3.8) is 0 Å². The van der Waals surface area contributed by atoms with Gasteiger partial charge < -0.3 is 10.5 Å². The van der Waals surface area contributed by atoms with E-state index in [9.17, 15) is 0 Å². The topological polar surface area (TPSA) is 59.1 Å². The van der Waals surface area contributed by atoms with Gasteiger partial charge in [0.05, 0.1) is 4.88 Å². The van der Waals surface area contributed by atoms with Crippen molar-refractivity contribution in [3.05, 3.63) is 41.3 Å². The minimum atomic E-state index is 0.0770. The number of thiophene rings is 1. The highest BCUT2D eigenvalue weighted by Crippen LogP contribution is 2.38. The number of hydrogen-bond acceptors (Lipinski definition) is 4. The summed E-state index contributed by atoms with van der Waals surface area (Å²) < 4.78 is 6.80. The molecule has 0 fully saturated rings. The summed E-state index contributed by atoms with van der Waals surface area (Å²) >= 11 is 3.07. The van der Waals surface area contributed by atoms with E-state index in [-0.39, 0.29) is 5.84 Å². The first-order chi connectivity index (χ1) is 8.20. The Labute approximate surface area is 108 Å². The van der Waals surface area contributed by atoms with E-state index in [2.05, 4.69) is 0 Å². The molecule has 0 saturated heterocycles. The number of para-hydroxylation sites is 1. The molecule has 0 atom stereocenters. The fourth-order valence-corrected chi connectivity index (χ4v) is 2.90. The highest BCUT2D eigenvalue weighted by molar-refractivity contribution is 8.00. The lowest BCUT2D eigenvalue weighted by Gasteiger charge is -2.04. The van der Waals surface area contributed by atoms with Gasteiger partial charge in [-0.15, -0.1) is 23.1 Å². The molecule has 17 heavy (non-hydrogen) atoms. The van der Waals surface area contributed by atoms with Gasteiger partial charge in [-0.1, -0.05) is 18.2 Å². The molecule has 1 heterocycles. The number of nitrogen functional groups attached to an aromatic ring is 1. The predicted molar refractivity (Wildman–Crippen MR) is 73.6 cm³/mol. The first-order valence-electron chi connectivity index (χ1n) is 4.96. The number of benzene rings is 1. The van der Waals surface area contributed by atoms with Crippen molar-refractivity contribution in [3.8, 4) is 11.5 Å². The first-order valence-corrected chi connectivity index (χ1v) is 7.00. The third-order valence-corrected chi connectivity index (χ3v) is 4.35. The molecule has 0 amide bonds. The fraction of sp³-hybridized carbons (Fsp3) is 0.0833. The van der Waals surface area contributed by atoms with E-state index in [1.54, 1.807) is 11.8 Å². The standard InChI is InChI=1S/C12H12N2OS2/c1-16-12-9(7-10(17-12)11(13)14)15-8-5-3-2-4-6-8/h2-7H,1H3,(H3,13,14). The Morgan fingerprint density at radius 2 is 2.06 bits per heavy atom. The zero-order valence-corrected chi connectivity index (χ0v) is 10.9. The number of rotatable bonds is 4. The van der Waals surface area contributed by atoms with Gasteiger partial charge in [0, 0.05) is 6.07 Å². The zero-order valence-electron chi connectivity index (χ0n) is 9.27. The van der Waals surface area contributed by atoms with Crippen molar-refractivity contribution in [2.24, 2.45) is 5.73 Å². The van der Waals surface area contributed by atoms with Crippen LogP contribution < -0.4 is 10.5 Å². The Balaban J connectivity index is 2.29. The minimum absolute atomic E-state index is 0.0770. The third-order valence-electron chi connectivity index (χ3n) is 2.09. The van der Waals surface area contributed by atoms with Gasteiger partial charge >= 0.3 is 0 Å². The molecule has 0 spiro atoms. The van der Waals surface area contributed by atoms with Crippen LogP contribution in [0.15, 0.2) is 40.6 Å². The van der Waals surface area contributed by atoms with Crippen molar-refractivity contribution >= 4 is 28.9 Å². The zero-order chi connectivity index (χ0) is 12.3. The Morgan fingerprint density at radius 1 is 1.35 bits per heavy atom. The van der Waals surface area contributed by atoms with E-state index in [1.807, 2.05) is 42.7 Å². The monoisotopic (exact) mass is 264 g/mol. The summed E-state index contributed by atoms with van der Waals surface area (Å²) in [7, 11) is 0. The van der Waals surface area contributed by atoms with E-state index < -0.39 is 0 Å².